The number of halogens is 3. The molecule has 8 aromatic rings. The van der Waals surface area contributed by atoms with Crippen LogP contribution in [0.1, 0.15) is 69.1 Å². The Labute approximate surface area is 444 Å². The third kappa shape index (κ3) is 12.1. The summed E-state index contributed by atoms with van der Waals surface area (Å²) in [5.74, 6) is -1.01. The maximum absolute atomic E-state index is 12.8. The lowest BCUT2D eigenvalue weighted by atomic mass is 9.78. The number of esters is 2. The minimum absolute atomic E-state index is 0.277. The van der Waals surface area contributed by atoms with Gasteiger partial charge in [-0.25, -0.2) is 28.6 Å². The second-order valence-corrected chi connectivity index (χ2v) is 19.6. The summed E-state index contributed by atoms with van der Waals surface area (Å²) in [6.45, 7) is 7.92. The highest BCUT2D eigenvalue weighted by atomic mass is 127. The van der Waals surface area contributed by atoms with Crippen molar-refractivity contribution < 1.29 is 47.4 Å². The summed E-state index contributed by atoms with van der Waals surface area (Å²) in [5, 5.41) is 13.8. The molecule has 0 atom stereocenters. The molecule has 5 heterocycles. The van der Waals surface area contributed by atoms with E-state index < -0.39 is 30.3 Å². The van der Waals surface area contributed by atoms with Crippen LogP contribution in [0, 0.1) is 3.57 Å². The van der Waals surface area contributed by atoms with Gasteiger partial charge in [-0.2, -0.15) is 10.2 Å². The molecule has 0 unspecified atom stereocenters. The number of methoxy groups -OCH3 is 4. The molecule has 1 saturated heterocycles. The zero-order chi connectivity index (χ0) is 51.9. The number of ether oxygens (including phenoxy) is 4. The summed E-state index contributed by atoms with van der Waals surface area (Å²) in [6, 6.07) is 27.8. The number of amides is 2. The molecule has 2 N–H and O–H groups in total. The van der Waals surface area contributed by atoms with Crippen LogP contribution in [0.3, 0.4) is 0 Å². The Morgan fingerprint density at radius 1 is 0.611 bits per heavy atom. The van der Waals surface area contributed by atoms with Gasteiger partial charge >= 0.3 is 19.1 Å². The van der Waals surface area contributed by atoms with Crippen molar-refractivity contribution in [3.05, 3.63) is 157 Å². The molecule has 1 fully saturated rings. The number of carbonyl (C=O) groups excluding carboxylic acids is 4. The van der Waals surface area contributed by atoms with Crippen LogP contribution in [0.5, 0.6) is 11.5 Å². The number of nitrogens with one attached hydrogen (secondary N) is 2. The zero-order valence-electron chi connectivity index (χ0n) is 40.0. The van der Waals surface area contributed by atoms with Gasteiger partial charge in [-0.05, 0) is 154 Å². The molecule has 9 rings (SSSR count). The van der Waals surface area contributed by atoms with Gasteiger partial charge in [-0.3, -0.25) is 9.59 Å². The lowest BCUT2D eigenvalue weighted by Gasteiger charge is -2.32. The van der Waals surface area contributed by atoms with E-state index in [4.69, 9.17) is 28.3 Å². The van der Waals surface area contributed by atoms with E-state index >= 15 is 0 Å². The fourth-order valence-corrected chi connectivity index (χ4v) is 9.11. The summed E-state index contributed by atoms with van der Waals surface area (Å²) in [5.41, 5.74) is 5.60. The van der Waals surface area contributed by atoms with Crippen LogP contribution < -0.4 is 25.6 Å². The first-order chi connectivity index (χ1) is 34.3. The van der Waals surface area contributed by atoms with Crippen LogP contribution in [-0.4, -0.2) is 99.7 Å². The van der Waals surface area contributed by atoms with Crippen LogP contribution in [-0.2, 0) is 18.8 Å². The van der Waals surface area contributed by atoms with Crippen LogP contribution in [0.15, 0.2) is 131 Å². The van der Waals surface area contributed by atoms with Gasteiger partial charge in [-0.15, -0.1) is 0 Å². The molecular formula is C50H46BBr2IN8O10. The molecule has 2 amide bonds. The first-order valence-corrected chi connectivity index (χ1v) is 24.4. The van der Waals surface area contributed by atoms with Gasteiger partial charge in [0.25, 0.3) is 11.8 Å². The van der Waals surface area contributed by atoms with Gasteiger partial charge in [0.1, 0.15) is 35.3 Å². The van der Waals surface area contributed by atoms with E-state index in [0.29, 0.717) is 39.6 Å². The van der Waals surface area contributed by atoms with E-state index in [9.17, 15) is 19.2 Å². The van der Waals surface area contributed by atoms with Crippen molar-refractivity contribution in [2.45, 2.75) is 38.9 Å². The van der Waals surface area contributed by atoms with Gasteiger partial charge in [0.2, 0.25) is 0 Å². The molecule has 0 spiro atoms. The Morgan fingerprint density at radius 3 is 1.61 bits per heavy atom. The molecule has 22 heteroatoms. The Hall–Kier alpha value is -6.73. The van der Waals surface area contributed by atoms with Crippen molar-refractivity contribution in [3.63, 3.8) is 0 Å². The van der Waals surface area contributed by atoms with E-state index in [1.165, 1.54) is 41.1 Å². The van der Waals surface area contributed by atoms with Gasteiger partial charge in [0.15, 0.2) is 11.3 Å². The third-order valence-electron chi connectivity index (χ3n) is 11.5. The van der Waals surface area contributed by atoms with Gasteiger partial charge < -0.3 is 38.9 Å². The number of benzene rings is 4. The number of anilines is 2. The minimum Gasteiger partial charge on any atom is -0.496 e. The number of carbonyl (C=O) groups is 4. The number of fused-ring (bicyclic) bond motifs is 2. The third-order valence-corrected chi connectivity index (χ3v) is 13.2. The van der Waals surface area contributed by atoms with Crippen molar-refractivity contribution in [2.24, 2.45) is 0 Å². The van der Waals surface area contributed by atoms with E-state index in [-0.39, 0.29) is 22.9 Å². The quantitative estimate of drug-likeness (QED) is 0.0743. The second kappa shape index (κ2) is 22.8. The molecule has 0 aliphatic carbocycles. The smallest absolute Gasteiger partial charge is 0.494 e. The highest BCUT2D eigenvalue weighted by molar-refractivity contribution is 14.1. The van der Waals surface area contributed by atoms with Crippen LogP contribution in [0.2, 0.25) is 0 Å². The Kier molecular flexibility index (Phi) is 16.8. The Morgan fingerprint density at radius 2 is 1.10 bits per heavy atom. The van der Waals surface area contributed by atoms with Crippen molar-refractivity contribution in [1.29, 1.82) is 0 Å². The molecule has 4 aromatic carbocycles. The summed E-state index contributed by atoms with van der Waals surface area (Å²) >= 11 is 9.13. The highest BCUT2D eigenvalue weighted by Gasteiger charge is 2.51. The molecule has 0 saturated carbocycles. The molecule has 370 valence electrons. The molecular weight excluding hydrogens is 1170 g/mol. The van der Waals surface area contributed by atoms with Crippen LogP contribution in [0.4, 0.5) is 11.4 Å². The lowest BCUT2D eigenvalue weighted by Crippen LogP contribution is -2.41. The van der Waals surface area contributed by atoms with Gasteiger partial charge in [0.05, 0.1) is 48.6 Å². The number of nitrogens with zero attached hydrogens (tertiary/aromatic N) is 6. The maximum atomic E-state index is 12.8. The SMILES string of the molecule is Brc1cc(I)cn2ncnc12.COC(=O)c1ccc(NC(=O)c2cccc(-c3cc(Br)c4ncnn4c3)c2)cc1OC.COC(=O)c1ccc(NC(=O)c2cccc(B3OC(C)(C)C(C)(C)O3)c2)cc1OC. The average Bonchev–Trinajstić information content (AvgIpc) is 4.11. The van der Waals surface area contributed by atoms with Gasteiger partial charge in [0, 0.05) is 56.2 Å². The number of pyridine rings is 2. The highest BCUT2D eigenvalue weighted by Crippen LogP contribution is 2.37. The first-order valence-electron chi connectivity index (χ1n) is 21.7. The number of hydrogen-bond donors (Lipinski definition) is 2. The average molecular weight is 1220 g/mol. The fourth-order valence-electron chi connectivity index (χ4n) is 7.05. The summed E-state index contributed by atoms with van der Waals surface area (Å²) in [6.07, 6.45) is 6.79. The van der Waals surface area contributed by atoms with E-state index in [1.807, 2.05) is 70.4 Å². The number of rotatable bonds is 10. The van der Waals surface area contributed by atoms with E-state index in [2.05, 4.69) is 85.2 Å². The van der Waals surface area contributed by atoms with Crippen molar-refractivity contribution in [3.8, 4) is 22.6 Å². The van der Waals surface area contributed by atoms with Crippen molar-refractivity contribution in [2.75, 3.05) is 39.1 Å². The van der Waals surface area contributed by atoms with Crippen LogP contribution in [0.25, 0.3) is 22.4 Å². The van der Waals surface area contributed by atoms with E-state index in [1.54, 1.807) is 75.8 Å². The summed E-state index contributed by atoms with van der Waals surface area (Å²) in [4.78, 5) is 57.5. The predicted molar refractivity (Wildman–Crippen MR) is 286 cm³/mol. The predicted octanol–water partition coefficient (Wildman–Crippen LogP) is 9.34. The van der Waals surface area contributed by atoms with Crippen LogP contribution >= 0.6 is 54.5 Å². The Balaban J connectivity index is 0.000000174. The van der Waals surface area contributed by atoms with Crippen molar-refractivity contribution >= 4 is 113 Å². The van der Waals surface area contributed by atoms with Crippen molar-refractivity contribution in [1.82, 2.24) is 29.2 Å². The number of aromatic nitrogens is 6. The second-order valence-electron chi connectivity index (χ2n) is 16.7. The molecule has 0 bridgehead atoms. The lowest BCUT2D eigenvalue weighted by molar-refractivity contribution is 0.00578. The normalized spacial score (nSPS) is 13.2. The van der Waals surface area contributed by atoms with Gasteiger partial charge in [-0.1, -0.05) is 24.3 Å². The Bertz CT molecular complexity index is 3320. The number of hydrogen-bond acceptors (Lipinski definition) is 14. The maximum Gasteiger partial charge on any atom is 0.494 e. The summed E-state index contributed by atoms with van der Waals surface area (Å²) < 4.78 is 38.4. The summed E-state index contributed by atoms with van der Waals surface area (Å²) in [7, 11) is 4.93. The molecule has 1 aliphatic heterocycles. The topological polar surface area (TPSA) is 208 Å². The zero-order valence-corrected chi connectivity index (χ0v) is 45.4. The molecule has 0 radical (unpaired) electrons. The molecule has 18 nitrogen and oxygen atoms in total. The largest absolute Gasteiger partial charge is 0.496 e. The monoisotopic (exact) mass is 1210 g/mol. The molecule has 1 aliphatic rings. The molecule has 4 aromatic heterocycles. The molecule has 72 heavy (non-hydrogen) atoms. The first kappa shape index (κ1) is 53.1. The minimum atomic E-state index is -0.554. The van der Waals surface area contributed by atoms with E-state index in [0.717, 1.165) is 34.8 Å². The fraction of sp³-hybridized carbons (Fsp3) is 0.200. The standard InChI is InChI=1S/C22H26BNO6.C22H17BrN4O4.C6H3BrIN3/c1-21(2)22(3,4)30-23(29-21)15-9-7-8-14(12-15)19(25)24-16-10-11-17(20(26)28-6)18(13-16)27-5;1-30-19-10-16(6-7-17(19)22(29)31-2)26-21(28)14-5-3-4-13(8-14)15-9-18(23)20-24-12-25-27(20)11-15;7-5-1-4(8)2-11-6(5)9-3-10-11/h7-13H,1-6H3,(H,24,25);3-12H,1-2H3,(H,26,28);1-3H.